The molecule has 0 radical (unpaired) electrons. The van der Waals surface area contributed by atoms with E-state index in [0.29, 0.717) is 28.6 Å². The number of carbonyl (C=O) groups excluding carboxylic acids is 1. The summed E-state index contributed by atoms with van der Waals surface area (Å²) in [6.45, 7) is 4.29. The molecule has 1 aromatic heterocycles. The summed E-state index contributed by atoms with van der Waals surface area (Å²) >= 11 is 1.25. The van der Waals surface area contributed by atoms with Gasteiger partial charge in [0.2, 0.25) is 0 Å². The van der Waals surface area contributed by atoms with Crippen LogP contribution in [0.3, 0.4) is 0 Å². The maximum Gasteiger partial charge on any atom is 0.321 e. The molecule has 9 nitrogen and oxygen atoms in total. The number of anilines is 2. The van der Waals surface area contributed by atoms with E-state index in [1.165, 1.54) is 48.8 Å². The number of hydrogen-bond acceptors (Lipinski definition) is 7. The van der Waals surface area contributed by atoms with Crippen molar-refractivity contribution in [2.75, 3.05) is 23.7 Å². The number of nitrogens with one attached hydrogen (secondary N) is 3. The van der Waals surface area contributed by atoms with E-state index in [0.717, 1.165) is 11.3 Å². The zero-order chi connectivity index (χ0) is 23.3. The lowest BCUT2D eigenvalue weighted by molar-refractivity contribution is 0.252. The van der Waals surface area contributed by atoms with Crippen LogP contribution >= 0.6 is 11.3 Å². The number of rotatable bonds is 8. The van der Waals surface area contributed by atoms with Gasteiger partial charge in [-0.1, -0.05) is 18.3 Å². The molecule has 0 aliphatic rings. The zero-order valence-electron chi connectivity index (χ0n) is 17.8. The molecule has 0 saturated carbocycles. The molecule has 3 aromatic rings. The van der Waals surface area contributed by atoms with Crippen LogP contribution in [0.1, 0.15) is 19.0 Å². The van der Waals surface area contributed by atoms with Gasteiger partial charge in [-0.15, -0.1) is 0 Å². The Morgan fingerprint density at radius 3 is 2.56 bits per heavy atom. The molecule has 0 aliphatic carbocycles. The molecular formula is C21H24N4O5S2. The van der Waals surface area contributed by atoms with Crippen LogP contribution in [-0.4, -0.2) is 38.2 Å². The Bertz CT molecular complexity index is 1210. The molecule has 0 unspecified atom stereocenters. The maximum absolute atomic E-state index is 13.1. The van der Waals surface area contributed by atoms with Gasteiger partial charge in [0.05, 0.1) is 17.7 Å². The minimum absolute atomic E-state index is 0.0287. The molecule has 0 fully saturated rings. The van der Waals surface area contributed by atoms with Gasteiger partial charge in [-0.25, -0.2) is 18.2 Å². The van der Waals surface area contributed by atoms with E-state index in [1.807, 2.05) is 6.92 Å². The third kappa shape index (κ3) is 5.48. The largest absolute Gasteiger partial charge is 0.508 e. The van der Waals surface area contributed by atoms with E-state index < -0.39 is 10.0 Å². The molecule has 0 bridgehead atoms. The molecule has 0 saturated heterocycles. The van der Waals surface area contributed by atoms with Gasteiger partial charge in [0, 0.05) is 12.2 Å². The number of sulfonamides is 1. The second-order valence-electron chi connectivity index (χ2n) is 6.83. The monoisotopic (exact) mass is 476 g/mol. The summed E-state index contributed by atoms with van der Waals surface area (Å²) in [5, 5.41) is 15.2. The first-order chi connectivity index (χ1) is 15.2. The zero-order valence-corrected chi connectivity index (χ0v) is 19.4. The molecular weight excluding hydrogens is 452 g/mol. The molecule has 3 rings (SSSR count). The Kier molecular flexibility index (Phi) is 7.21. The average molecular weight is 477 g/mol. The van der Waals surface area contributed by atoms with Crippen molar-refractivity contribution < 1.29 is 23.1 Å². The summed E-state index contributed by atoms with van der Waals surface area (Å²) in [5.74, 6) is 0.209. The molecule has 0 aliphatic heterocycles. The number of benzene rings is 2. The Hall–Kier alpha value is -3.31. The predicted octanol–water partition coefficient (Wildman–Crippen LogP) is 4.17. The fraction of sp³-hybridized carbons (Fsp3) is 0.238. The third-order valence-electron chi connectivity index (χ3n) is 4.39. The number of methoxy groups -OCH3 is 1. The molecule has 170 valence electrons. The molecule has 11 heteroatoms. The van der Waals surface area contributed by atoms with Gasteiger partial charge in [-0.3, -0.25) is 10.0 Å². The number of thiazole rings is 1. The summed E-state index contributed by atoms with van der Waals surface area (Å²) < 4.78 is 33.9. The smallest absolute Gasteiger partial charge is 0.321 e. The van der Waals surface area contributed by atoms with Crippen molar-refractivity contribution in [2.24, 2.45) is 0 Å². The van der Waals surface area contributed by atoms with Gasteiger partial charge in [0.15, 0.2) is 5.13 Å². The highest BCUT2D eigenvalue weighted by molar-refractivity contribution is 7.92. The summed E-state index contributed by atoms with van der Waals surface area (Å²) in [6.07, 6.45) is 0.816. The first kappa shape index (κ1) is 23.4. The number of aryl methyl sites for hydroxylation is 1. The van der Waals surface area contributed by atoms with E-state index in [-0.39, 0.29) is 22.4 Å². The lowest BCUT2D eigenvalue weighted by Gasteiger charge is -2.13. The van der Waals surface area contributed by atoms with Crippen LogP contribution in [0, 0.1) is 6.92 Å². The molecule has 4 N–H and O–H groups in total. The summed E-state index contributed by atoms with van der Waals surface area (Å²) in [4.78, 5) is 17.0. The van der Waals surface area contributed by atoms with E-state index in [1.54, 1.807) is 19.1 Å². The van der Waals surface area contributed by atoms with Crippen molar-refractivity contribution >= 4 is 38.2 Å². The van der Waals surface area contributed by atoms with Crippen molar-refractivity contribution in [3.8, 4) is 21.9 Å². The molecule has 2 amide bonds. The van der Waals surface area contributed by atoms with Gasteiger partial charge in [0.25, 0.3) is 10.0 Å². The van der Waals surface area contributed by atoms with Crippen molar-refractivity contribution in [3.63, 3.8) is 0 Å². The average Bonchev–Trinajstić information content (AvgIpc) is 3.13. The molecule has 0 spiro atoms. The Balaban J connectivity index is 1.92. The van der Waals surface area contributed by atoms with E-state index >= 15 is 0 Å². The topological polar surface area (TPSA) is 130 Å². The molecule has 2 aromatic carbocycles. The number of urea groups is 1. The van der Waals surface area contributed by atoms with Crippen LogP contribution in [0.15, 0.2) is 47.4 Å². The first-order valence-electron chi connectivity index (χ1n) is 9.76. The second-order valence-corrected chi connectivity index (χ2v) is 9.48. The fourth-order valence-corrected chi connectivity index (χ4v) is 5.08. The highest BCUT2D eigenvalue weighted by Crippen LogP contribution is 2.37. The van der Waals surface area contributed by atoms with Crippen LogP contribution in [0.4, 0.5) is 15.6 Å². The van der Waals surface area contributed by atoms with Crippen molar-refractivity contribution in [3.05, 3.63) is 48.2 Å². The van der Waals surface area contributed by atoms with Gasteiger partial charge < -0.3 is 15.2 Å². The Morgan fingerprint density at radius 1 is 1.19 bits per heavy atom. The summed E-state index contributed by atoms with van der Waals surface area (Å²) in [5.41, 5.74) is 1.57. The normalized spacial score (nSPS) is 11.1. The van der Waals surface area contributed by atoms with Crippen LogP contribution in [0.2, 0.25) is 0 Å². The Labute approximate surface area is 190 Å². The number of aromatic nitrogens is 1. The van der Waals surface area contributed by atoms with Crippen molar-refractivity contribution in [1.29, 1.82) is 0 Å². The third-order valence-corrected chi connectivity index (χ3v) is 6.91. The van der Waals surface area contributed by atoms with Crippen LogP contribution < -0.4 is 20.1 Å². The number of ether oxygens (including phenoxy) is 1. The molecule has 32 heavy (non-hydrogen) atoms. The highest BCUT2D eigenvalue weighted by Gasteiger charge is 2.22. The number of carbonyl (C=O) groups is 1. The quantitative estimate of drug-likeness (QED) is 0.361. The lowest BCUT2D eigenvalue weighted by Crippen LogP contribution is -2.29. The van der Waals surface area contributed by atoms with E-state index in [4.69, 9.17) is 4.74 Å². The highest BCUT2D eigenvalue weighted by atomic mass is 32.2. The second kappa shape index (κ2) is 9.88. The predicted molar refractivity (Wildman–Crippen MR) is 125 cm³/mol. The minimum Gasteiger partial charge on any atom is -0.508 e. The SMILES string of the molecule is CCCNC(=O)Nc1nc(C)c(-c2ccc(OC)c(S(=O)(=O)Nc3ccc(O)cc3)c2)s1. The number of hydrogen-bond donors (Lipinski definition) is 4. The standard InChI is InChI=1S/C21H24N4O5S2/c1-4-11-22-20(27)24-21-23-13(2)19(31-21)14-5-10-17(30-3)18(12-14)32(28,29)25-15-6-8-16(26)9-7-15/h5-10,12,25-26H,4,11H2,1-3H3,(H2,22,23,24,27). The minimum atomic E-state index is -3.99. The number of phenolic OH excluding ortho intramolecular Hbond substituents is 1. The van der Waals surface area contributed by atoms with Crippen molar-refractivity contribution in [2.45, 2.75) is 25.2 Å². The first-order valence-corrected chi connectivity index (χ1v) is 12.1. The maximum atomic E-state index is 13.1. The molecule has 0 atom stereocenters. The fourth-order valence-electron chi connectivity index (χ4n) is 2.87. The van der Waals surface area contributed by atoms with Crippen LogP contribution in [-0.2, 0) is 10.0 Å². The Morgan fingerprint density at radius 2 is 1.91 bits per heavy atom. The van der Waals surface area contributed by atoms with Gasteiger partial charge in [0.1, 0.15) is 16.4 Å². The summed E-state index contributed by atoms with van der Waals surface area (Å²) in [7, 11) is -2.59. The molecule has 1 heterocycles. The van der Waals surface area contributed by atoms with Crippen LogP contribution in [0.5, 0.6) is 11.5 Å². The lowest BCUT2D eigenvalue weighted by atomic mass is 10.1. The number of phenols is 1. The van der Waals surface area contributed by atoms with Gasteiger partial charge >= 0.3 is 6.03 Å². The van der Waals surface area contributed by atoms with Gasteiger partial charge in [-0.2, -0.15) is 0 Å². The van der Waals surface area contributed by atoms with Crippen molar-refractivity contribution in [1.82, 2.24) is 10.3 Å². The van der Waals surface area contributed by atoms with E-state index in [9.17, 15) is 18.3 Å². The van der Waals surface area contributed by atoms with Crippen LogP contribution in [0.25, 0.3) is 10.4 Å². The number of amides is 2. The summed E-state index contributed by atoms with van der Waals surface area (Å²) in [6, 6.07) is 10.2. The van der Waals surface area contributed by atoms with Gasteiger partial charge in [-0.05, 0) is 61.4 Å². The number of nitrogens with zero attached hydrogens (tertiary/aromatic N) is 1. The van der Waals surface area contributed by atoms with E-state index in [2.05, 4.69) is 20.3 Å². The number of aromatic hydroxyl groups is 1.